The Hall–Kier alpha value is -2.63. The van der Waals surface area contributed by atoms with Crippen molar-refractivity contribution in [1.82, 2.24) is 9.62 Å². The lowest BCUT2D eigenvalue weighted by Crippen LogP contribution is -2.50. The fourth-order valence-corrected chi connectivity index (χ4v) is 7.07. The molecule has 1 aliphatic heterocycles. The molecule has 1 aliphatic rings. The molecule has 1 N–H and O–H groups in total. The summed E-state index contributed by atoms with van der Waals surface area (Å²) in [6.45, 7) is 6.98. The van der Waals surface area contributed by atoms with Gasteiger partial charge in [-0.1, -0.05) is 19.4 Å². The van der Waals surface area contributed by atoms with E-state index in [1.165, 1.54) is 16.4 Å². The Morgan fingerprint density at radius 3 is 2.22 bits per heavy atom. The highest BCUT2D eigenvalue weighted by Crippen LogP contribution is 2.25. The summed E-state index contributed by atoms with van der Waals surface area (Å²) in [6.07, 6.45) is 4.18. The van der Waals surface area contributed by atoms with Crippen molar-refractivity contribution >= 4 is 31.6 Å². The van der Waals surface area contributed by atoms with Crippen molar-refractivity contribution < 1.29 is 26.4 Å². The number of carbonyl (C=O) groups excluding carboxylic acids is 1. The number of sulfonamides is 2. The second-order valence-corrected chi connectivity index (χ2v) is 13.1. The zero-order valence-corrected chi connectivity index (χ0v) is 23.6. The van der Waals surface area contributed by atoms with Gasteiger partial charge in [0.05, 0.1) is 23.4 Å². The van der Waals surface area contributed by atoms with Gasteiger partial charge in [-0.3, -0.25) is 9.10 Å². The molecular formula is C26H37N3O6S2. The van der Waals surface area contributed by atoms with Gasteiger partial charge in [0.1, 0.15) is 18.4 Å². The van der Waals surface area contributed by atoms with E-state index in [-0.39, 0.29) is 18.0 Å². The van der Waals surface area contributed by atoms with Crippen LogP contribution in [0.3, 0.4) is 0 Å². The van der Waals surface area contributed by atoms with Crippen molar-refractivity contribution in [2.24, 2.45) is 0 Å². The number of anilines is 1. The molecule has 0 saturated carbocycles. The number of hydrogen-bond donors (Lipinski definition) is 1. The van der Waals surface area contributed by atoms with Crippen LogP contribution in [0.2, 0.25) is 0 Å². The summed E-state index contributed by atoms with van der Waals surface area (Å²) in [5, 5.41) is 2.76. The second-order valence-electron chi connectivity index (χ2n) is 9.33. The summed E-state index contributed by atoms with van der Waals surface area (Å²) in [5.41, 5.74) is 2.41. The number of nitrogens with one attached hydrogen (secondary N) is 1. The van der Waals surface area contributed by atoms with Gasteiger partial charge in [-0.2, -0.15) is 4.31 Å². The lowest BCUT2D eigenvalue weighted by molar-refractivity contribution is -0.122. The molecule has 204 valence electrons. The number of piperidine rings is 1. The Morgan fingerprint density at radius 2 is 1.65 bits per heavy atom. The summed E-state index contributed by atoms with van der Waals surface area (Å²) >= 11 is 0. The molecule has 11 heteroatoms. The summed E-state index contributed by atoms with van der Waals surface area (Å²) < 4.78 is 59.2. The van der Waals surface area contributed by atoms with Crippen LogP contribution in [0.5, 0.6) is 5.75 Å². The predicted molar refractivity (Wildman–Crippen MR) is 145 cm³/mol. The van der Waals surface area contributed by atoms with Crippen LogP contribution in [0.1, 0.15) is 43.7 Å². The number of benzene rings is 2. The van der Waals surface area contributed by atoms with Crippen molar-refractivity contribution in [3.63, 3.8) is 0 Å². The van der Waals surface area contributed by atoms with E-state index in [9.17, 15) is 21.6 Å². The number of amides is 1. The fourth-order valence-electron chi connectivity index (χ4n) is 4.35. The Bertz CT molecular complexity index is 1290. The third-order valence-electron chi connectivity index (χ3n) is 6.52. The van der Waals surface area contributed by atoms with E-state index < -0.39 is 32.0 Å². The topological polar surface area (TPSA) is 113 Å². The number of ether oxygens (including phenoxy) is 1. The normalized spacial score (nSPS) is 15.7. The maximum atomic E-state index is 13.0. The van der Waals surface area contributed by atoms with Crippen LogP contribution in [0.25, 0.3) is 0 Å². The number of carbonyl (C=O) groups is 1. The SMILES string of the molecule is CCC(C(=O)NCCOc1ccc(S(=O)(=O)N2CCCCC2)cc1)N(c1ccc(C)c(C)c1)S(C)(=O)=O. The molecular weight excluding hydrogens is 514 g/mol. The molecule has 3 rings (SSSR count). The van der Waals surface area contributed by atoms with Gasteiger partial charge in [-0.05, 0) is 80.6 Å². The summed E-state index contributed by atoms with van der Waals surface area (Å²) in [4.78, 5) is 13.2. The third-order valence-corrected chi connectivity index (χ3v) is 9.61. The standard InChI is InChI=1S/C26H37N3O6S2/c1-5-25(29(36(4,31)32)22-10-9-20(2)21(3)19-22)26(30)27-15-18-35-23-11-13-24(14-12-23)37(33,34)28-16-7-6-8-17-28/h9-14,19,25H,5-8,15-18H2,1-4H3,(H,27,30). The molecule has 1 fully saturated rings. The number of nitrogens with zero attached hydrogens (tertiary/aromatic N) is 2. The Labute approximate surface area is 220 Å². The van der Waals surface area contributed by atoms with Gasteiger partial charge in [-0.25, -0.2) is 16.8 Å². The van der Waals surface area contributed by atoms with Crippen LogP contribution in [-0.4, -0.2) is 65.6 Å². The summed E-state index contributed by atoms with van der Waals surface area (Å²) in [5.74, 6) is 0.0597. The molecule has 9 nitrogen and oxygen atoms in total. The molecule has 0 bridgehead atoms. The first-order valence-electron chi connectivity index (χ1n) is 12.5. The molecule has 0 spiro atoms. The third kappa shape index (κ3) is 7.24. The average Bonchev–Trinajstić information content (AvgIpc) is 2.87. The lowest BCUT2D eigenvalue weighted by atomic mass is 10.1. The van der Waals surface area contributed by atoms with Crippen LogP contribution >= 0.6 is 0 Å². The Balaban J connectivity index is 1.59. The van der Waals surface area contributed by atoms with E-state index in [0.29, 0.717) is 30.9 Å². The monoisotopic (exact) mass is 551 g/mol. The van der Waals surface area contributed by atoms with Gasteiger partial charge in [0, 0.05) is 13.1 Å². The minimum absolute atomic E-state index is 0.142. The van der Waals surface area contributed by atoms with Crippen molar-refractivity contribution in [3.05, 3.63) is 53.6 Å². The van der Waals surface area contributed by atoms with Crippen LogP contribution in [0.15, 0.2) is 47.4 Å². The van der Waals surface area contributed by atoms with Crippen LogP contribution in [0.4, 0.5) is 5.69 Å². The first-order chi connectivity index (χ1) is 17.4. The number of hydrogen-bond acceptors (Lipinski definition) is 6. The highest BCUT2D eigenvalue weighted by atomic mass is 32.2. The zero-order valence-electron chi connectivity index (χ0n) is 21.9. The minimum atomic E-state index is -3.71. The Kier molecular flexibility index (Phi) is 9.60. The summed E-state index contributed by atoms with van der Waals surface area (Å²) in [7, 11) is -7.22. The van der Waals surface area contributed by atoms with Crippen LogP contribution in [-0.2, 0) is 24.8 Å². The van der Waals surface area contributed by atoms with E-state index in [2.05, 4.69) is 5.32 Å². The number of aryl methyl sites for hydroxylation is 2. The lowest BCUT2D eigenvalue weighted by Gasteiger charge is -2.30. The van der Waals surface area contributed by atoms with E-state index in [4.69, 9.17) is 4.74 Å². The highest BCUT2D eigenvalue weighted by molar-refractivity contribution is 7.92. The highest BCUT2D eigenvalue weighted by Gasteiger charge is 2.31. The minimum Gasteiger partial charge on any atom is -0.492 e. The first kappa shape index (κ1) is 28.9. The largest absolute Gasteiger partial charge is 0.492 e. The molecule has 37 heavy (non-hydrogen) atoms. The first-order valence-corrected chi connectivity index (χ1v) is 15.8. The van der Waals surface area contributed by atoms with Crippen molar-refractivity contribution in [1.29, 1.82) is 0 Å². The van der Waals surface area contributed by atoms with Crippen molar-refractivity contribution in [2.75, 3.05) is 36.8 Å². The fraction of sp³-hybridized carbons (Fsp3) is 0.500. The molecule has 1 heterocycles. The molecule has 1 atom stereocenters. The molecule has 2 aromatic rings. The van der Waals surface area contributed by atoms with Crippen molar-refractivity contribution in [3.8, 4) is 5.75 Å². The Morgan fingerprint density at radius 1 is 1.00 bits per heavy atom. The van der Waals surface area contributed by atoms with E-state index in [1.807, 2.05) is 19.9 Å². The van der Waals surface area contributed by atoms with E-state index in [1.54, 1.807) is 31.2 Å². The van der Waals surface area contributed by atoms with Gasteiger partial charge >= 0.3 is 0 Å². The average molecular weight is 552 g/mol. The summed E-state index contributed by atoms with van der Waals surface area (Å²) in [6, 6.07) is 10.7. The van der Waals surface area contributed by atoms with Crippen LogP contribution < -0.4 is 14.4 Å². The maximum Gasteiger partial charge on any atom is 0.244 e. The molecule has 0 aromatic heterocycles. The van der Waals surface area contributed by atoms with E-state index in [0.717, 1.165) is 41.0 Å². The van der Waals surface area contributed by atoms with Gasteiger partial charge in [0.15, 0.2) is 0 Å². The number of rotatable bonds is 11. The van der Waals surface area contributed by atoms with Gasteiger partial charge in [-0.15, -0.1) is 0 Å². The molecule has 2 aromatic carbocycles. The van der Waals surface area contributed by atoms with E-state index >= 15 is 0 Å². The molecule has 1 amide bonds. The zero-order chi connectivity index (χ0) is 27.2. The smallest absolute Gasteiger partial charge is 0.244 e. The van der Waals surface area contributed by atoms with Gasteiger partial charge < -0.3 is 10.1 Å². The van der Waals surface area contributed by atoms with Crippen molar-refractivity contribution in [2.45, 2.75) is 57.4 Å². The van der Waals surface area contributed by atoms with Crippen LogP contribution in [0, 0.1) is 13.8 Å². The quantitative estimate of drug-likeness (QED) is 0.429. The molecule has 1 saturated heterocycles. The molecule has 0 radical (unpaired) electrons. The maximum absolute atomic E-state index is 13.0. The van der Waals surface area contributed by atoms with Gasteiger partial charge in [0.2, 0.25) is 26.0 Å². The van der Waals surface area contributed by atoms with Gasteiger partial charge in [0.25, 0.3) is 0 Å². The molecule has 0 aliphatic carbocycles. The predicted octanol–water partition coefficient (Wildman–Crippen LogP) is 3.22. The second kappa shape index (κ2) is 12.3. The molecule has 1 unspecified atom stereocenters.